The van der Waals surface area contributed by atoms with Gasteiger partial charge in [0.05, 0.1) is 0 Å². The van der Waals surface area contributed by atoms with Gasteiger partial charge in [0.1, 0.15) is 6.10 Å². The lowest BCUT2D eigenvalue weighted by molar-refractivity contribution is 0.0376. The Morgan fingerprint density at radius 2 is 2.28 bits per heavy atom. The summed E-state index contributed by atoms with van der Waals surface area (Å²) in [4.78, 5) is 12.6. The van der Waals surface area contributed by atoms with Crippen molar-refractivity contribution in [2.24, 2.45) is 5.92 Å². The maximum Gasteiger partial charge on any atom is 0.193 e. The van der Waals surface area contributed by atoms with Crippen LogP contribution < -0.4 is 0 Å². The summed E-state index contributed by atoms with van der Waals surface area (Å²) in [6.07, 6.45) is 2.01. The van der Waals surface area contributed by atoms with Crippen molar-refractivity contribution in [3.8, 4) is 0 Å². The smallest absolute Gasteiger partial charge is 0.193 e. The molecular formula is C15H16O2S. The maximum absolute atomic E-state index is 12.6. The molecule has 1 aliphatic carbocycles. The zero-order valence-electron chi connectivity index (χ0n) is 10.4. The van der Waals surface area contributed by atoms with Crippen LogP contribution in [0.1, 0.15) is 30.1 Å². The van der Waals surface area contributed by atoms with Crippen molar-refractivity contribution < 1.29 is 9.53 Å². The van der Waals surface area contributed by atoms with Gasteiger partial charge in [-0.1, -0.05) is 12.1 Å². The van der Waals surface area contributed by atoms with Crippen LogP contribution >= 0.6 is 11.3 Å². The molecule has 1 heterocycles. The molecule has 0 aliphatic heterocycles. The molecule has 0 spiro atoms. The molecule has 1 aliphatic rings. The minimum absolute atomic E-state index is 0.160. The molecule has 1 atom stereocenters. The Hall–Kier alpha value is -1.19. The van der Waals surface area contributed by atoms with Crippen molar-refractivity contribution in [3.05, 3.63) is 35.2 Å². The Labute approximate surface area is 111 Å². The van der Waals surface area contributed by atoms with Crippen molar-refractivity contribution in [1.29, 1.82) is 0 Å². The number of carbonyl (C=O) groups excluding carboxylic acids is 1. The first-order chi connectivity index (χ1) is 8.81. The Morgan fingerprint density at radius 1 is 1.44 bits per heavy atom. The van der Waals surface area contributed by atoms with Crippen molar-refractivity contribution in [3.63, 3.8) is 0 Å². The van der Waals surface area contributed by atoms with Gasteiger partial charge < -0.3 is 4.74 Å². The van der Waals surface area contributed by atoms with Crippen LogP contribution in [0.3, 0.4) is 0 Å². The molecule has 2 aromatic rings. The molecule has 0 radical (unpaired) electrons. The van der Waals surface area contributed by atoms with Crippen LogP contribution in [-0.2, 0) is 4.74 Å². The van der Waals surface area contributed by atoms with Gasteiger partial charge in [-0.05, 0) is 48.6 Å². The Kier molecular flexibility index (Phi) is 3.18. The average Bonchev–Trinajstić information content (AvgIpc) is 3.11. The zero-order chi connectivity index (χ0) is 12.5. The third kappa shape index (κ3) is 2.08. The topological polar surface area (TPSA) is 26.3 Å². The monoisotopic (exact) mass is 260 g/mol. The van der Waals surface area contributed by atoms with Crippen LogP contribution in [-0.4, -0.2) is 18.5 Å². The fourth-order valence-electron chi connectivity index (χ4n) is 2.34. The average molecular weight is 260 g/mol. The van der Waals surface area contributed by atoms with Gasteiger partial charge in [0.25, 0.3) is 0 Å². The number of carbonyl (C=O) groups is 1. The second-order valence-corrected chi connectivity index (χ2v) is 5.64. The molecule has 1 fully saturated rings. The highest BCUT2D eigenvalue weighted by Gasteiger charge is 2.37. The fraction of sp³-hybridized carbons (Fsp3) is 0.400. The van der Waals surface area contributed by atoms with E-state index in [4.69, 9.17) is 4.74 Å². The van der Waals surface area contributed by atoms with Crippen LogP contribution in [0.5, 0.6) is 0 Å². The highest BCUT2D eigenvalue weighted by atomic mass is 32.1. The number of fused-ring (bicyclic) bond motifs is 1. The molecule has 1 unspecified atom stereocenters. The largest absolute Gasteiger partial charge is 0.370 e. The molecule has 0 amide bonds. The molecule has 0 bridgehead atoms. The predicted octanol–water partition coefficient (Wildman–Crippen LogP) is 3.90. The number of hydrogen-bond acceptors (Lipinski definition) is 3. The van der Waals surface area contributed by atoms with Crippen molar-refractivity contribution in [2.75, 3.05) is 6.61 Å². The van der Waals surface area contributed by atoms with Crippen molar-refractivity contribution in [2.45, 2.75) is 25.9 Å². The second kappa shape index (κ2) is 4.82. The normalized spacial score (nSPS) is 16.9. The molecule has 1 aromatic heterocycles. The van der Waals surface area contributed by atoms with E-state index in [2.05, 4.69) is 12.1 Å². The number of benzene rings is 1. The Balaban J connectivity index is 1.97. The first kappa shape index (κ1) is 11.9. The molecule has 0 N–H and O–H groups in total. The standard InChI is InChI=1S/C15H16O2S/c1-2-17-14(10-6-7-10)13(16)12-5-3-4-11-8-9-18-15(11)12/h3-5,8-10,14H,2,6-7H2,1H3. The van der Waals surface area contributed by atoms with Gasteiger partial charge >= 0.3 is 0 Å². The van der Waals surface area contributed by atoms with Crippen molar-refractivity contribution in [1.82, 2.24) is 0 Å². The van der Waals surface area contributed by atoms with Crippen LogP contribution in [0.15, 0.2) is 29.6 Å². The molecule has 0 saturated heterocycles. The lowest BCUT2D eigenvalue weighted by Crippen LogP contribution is -2.26. The van der Waals surface area contributed by atoms with Gasteiger partial charge in [-0.2, -0.15) is 0 Å². The quantitative estimate of drug-likeness (QED) is 0.762. The molecule has 2 nitrogen and oxygen atoms in total. The Bertz CT molecular complexity index is 569. The van der Waals surface area contributed by atoms with E-state index >= 15 is 0 Å². The highest BCUT2D eigenvalue weighted by molar-refractivity contribution is 7.17. The molecule has 18 heavy (non-hydrogen) atoms. The maximum atomic E-state index is 12.6. The number of ether oxygens (including phenoxy) is 1. The van der Waals surface area contributed by atoms with Gasteiger partial charge in [-0.25, -0.2) is 0 Å². The van der Waals surface area contributed by atoms with E-state index in [1.165, 1.54) is 0 Å². The SMILES string of the molecule is CCOC(C(=O)c1cccc2ccsc12)C1CC1. The molecule has 1 aromatic carbocycles. The van der Waals surface area contributed by atoms with Gasteiger partial charge in [0, 0.05) is 16.9 Å². The summed E-state index contributed by atoms with van der Waals surface area (Å²) in [5.74, 6) is 0.597. The van der Waals surface area contributed by atoms with Crippen LogP contribution in [0.2, 0.25) is 0 Å². The lowest BCUT2D eigenvalue weighted by Gasteiger charge is -2.15. The number of Topliss-reactive ketones (excluding diaryl/α,β-unsaturated/α-hetero) is 1. The number of ketones is 1. The van der Waals surface area contributed by atoms with E-state index in [9.17, 15) is 4.79 Å². The van der Waals surface area contributed by atoms with E-state index in [0.29, 0.717) is 12.5 Å². The van der Waals surface area contributed by atoms with E-state index in [1.54, 1.807) is 11.3 Å². The lowest BCUT2D eigenvalue weighted by atomic mass is 10.0. The van der Waals surface area contributed by atoms with E-state index in [0.717, 1.165) is 28.5 Å². The minimum atomic E-state index is -0.234. The highest BCUT2D eigenvalue weighted by Crippen LogP contribution is 2.37. The molecular weight excluding hydrogens is 244 g/mol. The van der Waals surface area contributed by atoms with E-state index in [1.807, 2.05) is 24.4 Å². The van der Waals surface area contributed by atoms with E-state index in [-0.39, 0.29) is 11.9 Å². The third-order valence-corrected chi connectivity index (χ3v) is 4.36. The van der Waals surface area contributed by atoms with Crippen LogP contribution in [0.4, 0.5) is 0 Å². The van der Waals surface area contributed by atoms with Gasteiger partial charge in [0.2, 0.25) is 0 Å². The molecule has 1 saturated carbocycles. The summed E-state index contributed by atoms with van der Waals surface area (Å²) in [5, 5.41) is 3.19. The van der Waals surface area contributed by atoms with Crippen LogP contribution in [0.25, 0.3) is 10.1 Å². The molecule has 3 rings (SSSR count). The van der Waals surface area contributed by atoms with Crippen LogP contribution in [0, 0.1) is 5.92 Å². The molecule has 3 heteroatoms. The fourth-order valence-corrected chi connectivity index (χ4v) is 3.26. The first-order valence-electron chi connectivity index (χ1n) is 6.43. The number of hydrogen-bond donors (Lipinski definition) is 0. The van der Waals surface area contributed by atoms with E-state index < -0.39 is 0 Å². The van der Waals surface area contributed by atoms with Gasteiger partial charge in [-0.15, -0.1) is 11.3 Å². The summed E-state index contributed by atoms with van der Waals surface area (Å²) in [7, 11) is 0. The zero-order valence-corrected chi connectivity index (χ0v) is 11.2. The molecule has 94 valence electrons. The van der Waals surface area contributed by atoms with Gasteiger partial charge in [0.15, 0.2) is 5.78 Å². The summed E-state index contributed by atoms with van der Waals surface area (Å²) in [6, 6.07) is 7.99. The number of thiophene rings is 1. The summed E-state index contributed by atoms with van der Waals surface area (Å²) < 4.78 is 6.75. The number of rotatable bonds is 5. The van der Waals surface area contributed by atoms with Gasteiger partial charge in [-0.3, -0.25) is 4.79 Å². The Morgan fingerprint density at radius 3 is 3.00 bits per heavy atom. The van der Waals surface area contributed by atoms with Crippen molar-refractivity contribution >= 4 is 27.2 Å². The summed E-state index contributed by atoms with van der Waals surface area (Å²) in [5.41, 5.74) is 0.827. The minimum Gasteiger partial charge on any atom is -0.370 e. The predicted molar refractivity (Wildman–Crippen MR) is 74.3 cm³/mol. The first-order valence-corrected chi connectivity index (χ1v) is 7.31. The summed E-state index contributed by atoms with van der Waals surface area (Å²) in [6.45, 7) is 2.56. The summed E-state index contributed by atoms with van der Waals surface area (Å²) >= 11 is 1.63. The third-order valence-electron chi connectivity index (χ3n) is 3.40. The second-order valence-electron chi connectivity index (χ2n) is 4.72.